The first-order chi connectivity index (χ1) is 23.9. The van der Waals surface area contributed by atoms with Crippen molar-refractivity contribution in [1.29, 1.82) is 0 Å². The fourth-order valence-electron chi connectivity index (χ4n) is 5.98. The van der Waals surface area contributed by atoms with Gasteiger partial charge in [0.15, 0.2) is 10.6 Å². The molecule has 6 aromatic rings. The van der Waals surface area contributed by atoms with E-state index < -0.39 is 16.3 Å². The van der Waals surface area contributed by atoms with Crippen LogP contribution < -0.4 is 4.72 Å². The monoisotopic (exact) mass is 710 g/mol. The van der Waals surface area contributed by atoms with Gasteiger partial charge < -0.3 is 14.6 Å². The smallest absolute Gasteiger partial charge is 0.243 e. The van der Waals surface area contributed by atoms with E-state index in [-0.39, 0.29) is 36.2 Å². The van der Waals surface area contributed by atoms with Crippen molar-refractivity contribution in [2.24, 2.45) is 0 Å². The number of thioether (sulfide) groups is 1. The van der Waals surface area contributed by atoms with E-state index >= 15 is 0 Å². The van der Waals surface area contributed by atoms with Crippen molar-refractivity contribution in [2.45, 2.75) is 53.7 Å². The lowest BCUT2D eigenvalue weighted by Gasteiger charge is -2.43. The fraction of sp³-hybridized carbons (Fsp3) is 0.216. The Morgan fingerprint density at radius 3 is 2.29 bits per heavy atom. The Balaban J connectivity index is 1.15. The van der Waals surface area contributed by atoms with Crippen LogP contribution >= 0.6 is 23.1 Å². The van der Waals surface area contributed by atoms with Gasteiger partial charge in [-0.1, -0.05) is 120 Å². The molecule has 4 unspecified atom stereocenters. The number of para-hydroxylation sites is 1. The minimum atomic E-state index is -3.81. The van der Waals surface area contributed by atoms with Crippen LogP contribution in [0.4, 0.5) is 0 Å². The number of fused-ring (bicyclic) bond motifs is 1. The van der Waals surface area contributed by atoms with Crippen LogP contribution in [0.1, 0.15) is 51.1 Å². The van der Waals surface area contributed by atoms with Crippen LogP contribution in [0.15, 0.2) is 125 Å². The molecule has 0 amide bonds. The average molecular weight is 711 g/mol. The highest BCUT2D eigenvalue weighted by atomic mass is 32.2. The second kappa shape index (κ2) is 14.9. The number of aliphatic hydroxyl groups is 1. The molecule has 250 valence electrons. The molecule has 0 aliphatic carbocycles. The van der Waals surface area contributed by atoms with E-state index in [1.54, 1.807) is 47.5 Å². The number of aliphatic hydroxyl groups excluding tert-OH is 1. The SMILES string of the molecule is Cc1nnc(SCC2OC(c3ccc(CNS(=O)(=O)c4cccc5cccnc45)cc3)OC(c3ccc(CO)cc3)C2c2ccccc2)s1. The van der Waals surface area contributed by atoms with Crippen molar-refractivity contribution in [2.75, 3.05) is 5.75 Å². The summed E-state index contributed by atoms with van der Waals surface area (Å²) < 4.78 is 43.7. The van der Waals surface area contributed by atoms with Crippen LogP contribution in [-0.2, 0) is 32.6 Å². The van der Waals surface area contributed by atoms with E-state index in [9.17, 15) is 13.5 Å². The number of nitrogens with one attached hydrogen (secondary N) is 1. The van der Waals surface area contributed by atoms with E-state index in [1.165, 1.54) is 0 Å². The molecule has 1 aliphatic heterocycles. The molecule has 1 fully saturated rings. The first-order valence-electron chi connectivity index (χ1n) is 15.8. The zero-order chi connectivity index (χ0) is 33.8. The Bertz CT molecular complexity index is 2120. The van der Waals surface area contributed by atoms with Gasteiger partial charge in [0.25, 0.3) is 0 Å². The number of pyridine rings is 1. The predicted molar refractivity (Wildman–Crippen MR) is 191 cm³/mol. The number of aryl methyl sites for hydroxylation is 1. The third-order valence-electron chi connectivity index (χ3n) is 8.45. The maximum Gasteiger partial charge on any atom is 0.243 e. The molecule has 2 aromatic heterocycles. The lowest BCUT2D eigenvalue weighted by molar-refractivity contribution is -0.255. The van der Waals surface area contributed by atoms with Crippen molar-refractivity contribution in [3.8, 4) is 0 Å². The molecular formula is C37H34N4O5S3. The van der Waals surface area contributed by atoms with Gasteiger partial charge in [0, 0.05) is 35.4 Å². The van der Waals surface area contributed by atoms with Crippen LogP contribution in [-0.4, -0.2) is 40.6 Å². The maximum atomic E-state index is 13.3. The van der Waals surface area contributed by atoms with Crippen molar-refractivity contribution >= 4 is 44.0 Å². The van der Waals surface area contributed by atoms with Crippen molar-refractivity contribution < 1.29 is 23.0 Å². The van der Waals surface area contributed by atoms with Gasteiger partial charge in [-0.25, -0.2) is 13.1 Å². The second-order valence-corrected chi connectivity index (χ2v) is 15.9. The minimum absolute atomic E-state index is 0.0402. The summed E-state index contributed by atoms with van der Waals surface area (Å²) in [7, 11) is -3.81. The number of sulfonamides is 1. The van der Waals surface area contributed by atoms with Gasteiger partial charge in [-0.3, -0.25) is 4.98 Å². The molecule has 1 saturated heterocycles. The second-order valence-electron chi connectivity index (χ2n) is 11.7. The van der Waals surface area contributed by atoms with Crippen LogP contribution in [0.25, 0.3) is 10.9 Å². The van der Waals surface area contributed by atoms with Gasteiger partial charge in [0.1, 0.15) is 9.90 Å². The Morgan fingerprint density at radius 1 is 0.816 bits per heavy atom. The van der Waals surface area contributed by atoms with E-state index in [2.05, 4.69) is 32.0 Å². The summed E-state index contributed by atoms with van der Waals surface area (Å²) in [6.45, 7) is 2.01. The Hall–Kier alpha value is -4.01. The van der Waals surface area contributed by atoms with E-state index in [0.717, 1.165) is 42.6 Å². The molecule has 0 radical (unpaired) electrons. The number of aromatic nitrogens is 3. The molecule has 0 bridgehead atoms. The highest BCUT2D eigenvalue weighted by Crippen LogP contribution is 2.48. The molecular weight excluding hydrogens is 677 g/mol. The van der Waals surface area contributed by atoms with E-state index in [4.69, 9.17) is 9.47 Å². The van der Waals surface area contributed by atoms with E-state index in [0.29, 0.717) is 11.3 Å². The van der Waals surface area contributed by atoms with Crippen LogP contribution in [0.3, 0.4) is 0 Å². The number of benzene rings is 4. The lowest BCUT2D eigenvalue weighted by Crippen LogP contribution is -2.38. The molecule has 0 saturated carbocycles. The topological polar surface area (TPSA) is 124 Å². The van der Waals surface area contributed by atoms with E-state index in [1.807, 2.05) is 85.8 Å². The quantitative estimate of drug-likeness (QED) is 0.136. The predicted octanol–water partition coefficient (Wildman–Crippen LogP) is 7.10. The first-order valence-corrected chi connectivity index (χ1v) is 19.1. The standard InChI is InChI=1S/C37H34N4O5S3/c1-24-40-41-37(48-24)47-23-31-33(27-7-3-2-4-8-27)35(29-16-14-26(22-42)15-17-29)46-36(45-31)30-18-12-25(13-19-30)21-39-49(43,44)32-11-5-9-28-10-6-20-38-34(28)32/h2-20,31,33,35-36,39,42H,21-23H2,1H3. The number of rotatable bonds is 11. The van der Waals surface area contributed by atoms with Crippen molar-refractivity contribution in [3.63, 3.8) is 0 Å². The largest absolute Gasteiger partial charge is 0.392 e. The van der Waals surface area contributed by atoms with Crippen LogP contribution in [0, 0.1) is 6.92 Å². The summed E-state index contributed by atoms with van der Waals surface area (Å²) in [4.78, 5) is 4.44. The van der Waals surface area contributed by atoms with Gasteiger partial charge in [0.05, 0.1) is 24.3 Å². The summed E-state index contributed by atoms with van der Waals surface area (Å²) in [6, 6.07) is 34.4. The number of hydrogen-bond acceptors (Lipinski definition) is 10. The Labute approximate surface area is 293 Å². The van der Waals surface area contributed by atoms with Gasteiger partial charge in [-0.2, -0.15) is 0 Å². The molecule has 9 nitrogen and oxygen atoms in total. The fourth-order valence-corrected chi connectivity index (χ4v) is 9.09. The van der Waals surface area contributed by atoms with Gasteiger partial charge in [0.2, 0.25) is 10.0 Å². The summed E-state index contributed by atoms with van der Waals surface area (Å²) >= 11 is 3.18. The molecule has 7 rings (SSSR count). The molecule has 0 spiro atoms. The van der Waals surface area contributed by atoms with Crippen molar-refractivity contribution in [1.82, 2.24) is 19.9 Å². The summed E-state index contributed by atoms with van der Waals surface area (Å²) in [5.74, 6) is 0.499. The third kappa shape index (κ3) is 7.60. The molecule has 49 heavy (non-hydrogen) atoms. The third-order valence-corrected chi connectivity index (χ3v) is 11.9. The number of hydrogen-bond donors (Lipinski definition) is 2. The Kier molecular flexibility index (Phi) is 10.1. The molecule has 12 heteroatoms. The number of nitrogens with zero attached hydrogens (tertiary/aromatic N) is 3. The molecule has 2 N–H and O–H groups in total. The molecule has 4 atom stereocenters. The maximum absolute atomic E-state index is 13.3. The minimum Gasteiger partial charge on any atom is -0.392 e. The lowest BCUT2D eigenvalue weighted by atomic mass is 9.84. The molecule has 1 aliphatic rings. The van der Waals surface area contributed by atoms with Gasteiger partial charge >= 0.3 is 0 Å². The Morgan fingerprint density at radius 2 is 1.55 bits per heavy atom. The van der Waals surface area contributed by atoms with Gasteiger partial charge in [-0.15, -0.1) is 10.2 Å². The van der Waals surface area contributed by atoms with Crippen LogP contribution in [0.5, 0.6) is 0 Å². The molecule has 4 aromatic carbocycles. The first kappa shape index (κ1) is 33.5. The zero-order valence-electron chi connectivity index (χ0n) is 26.5. The normalized spacial score (nSPS) is 19.6. The van der Waals surface area contributed by atoms with Crippen LogP contribution in [0.2, 0.25) is 0 Å². The highest BCUT2D eigenvalue weighted by Gasteiger charge is 2.42. The molecule has 3 heterocycles. The van der Waals surface area contributed by atoms with Gasteiger partial charge in [-0.05, 0) is 41.3 Å². The average Bonchev–Trinajstić information content (AvgIpc) is 3.57. The summed E-state index contributed by atoms with van der Waals surface area (Å²) in [5.41, 5.74) is 4.94. The van der Waals surface area contributed by atoms with Crippen molar-refractivity contribution in [3.05, 3.63) is 148 Å². The summed E-state index contributed by atoms with van der Waals surface area (Å²) in [6.07, 6.45) is 0.305. The highest BCUT2D eigenvalue weighted by molar-refractivity contribution is 8.01. The zero-order valence-corrected chi connectivity index (χ0v) is 29.0. The number of ether oxygens (including phenoxy) is 2. The summed E-state index contributed by atoms with van der Waals surface area (Å²) in [5, 5.41) is 19.9.